The summed E-state index contributed by atoms with van der Waals surface area (Å²) in [6.45, 7) is -0.335. The van der Waals surface area contributed by atoms with Crippen LogP contribution in [0, 0.1) is 0 Å². The largest absolute Gasteiger partial charge is 0.573 e. The van der Waals surface area contributed by atoms with E-state index in [0.717, 1.165) is 7.11 Å². The van der Waals surface area contributed by atoms with Gasteiger partial charge in [-0.15, -0.1) is 13.2 Å². The number of carbonyl (C=O) groups is 1. The first-order valence-electron chi connectivity index (χ1n) is 5.51. The molecule has 1 aromatic rings. The van der Waals surface area contributed by atoms with Crippen LogP contribution in [0.4, 0.5) is 22.0 Å². The summed E-state index contributed by atoms with van der Waals surface area (Å²) >= 11 is 0. The van der Waals surface area contributed by atoms with Gasteiger partial charge >= 0.3 is 12.3 Å². The lowest BCUT2D eigenvalue weighted by atomic mass is 10.1. The lowest BCUT2D eigenvalue weighted by molar-refractivity contribution is -0.275. The number of methoxy groups -OCH3 is 1. The van der Waals surface area contributed by atoms with Gasteiger partial charge in [0.15, 0.2) is 5.75 Å². The fourth-order valence-corrected chi connectivity index (χ4v) is 1.51. The number of nitrogens with two attached hydrogens (primary N) is 1. The van der Waals surface area contributed by atoms with Crippen molar-refractivity contribution in [1.29, 1.82) is 0 Å². The van der Waals surface area contributed by atoms with E-state index in [-0.39, 0.29) is 17.8 Å². The standard InChI is InChI=1S/C11H11F5N2O3/c1-20-8(19)3-5-2-7(21-11(14,15)16)9(10(12)13)18-6(5)4-17/h2,10H,3-4,17H2,1H3. The first-order valence-corrected chi connectivity index (χ1v) is 5.51. The lowest BCUT2D eigenvalue weighted by Crippen LogP contribution is -2.20. The average molecular weight is 314 g/mol. The maximum Gasteiger partial charge on any atom is 0.573 e. The summed E-state index contributed by atoms with van der Waals surface area (Å²) in [6, 6.07) is 0.668. The van der Waals surface area contributed by atoms with Crippen molar-refractivity contribution in [2.24, 2.45) is 5.73 Å². The van der Waals surface area contributed by atoms with Gasteiger partial charge in [-0.05, 0) is 11.6 Å². The molecule has 0 fully saturated rings. The fourth-order valence-electron chi connectivity index (χ4n) is 1.51. The summed E-state index contributed by atoms with van der Waals surface area (Å²) in [5.41, 5.74) is 3.89. The zero-order valence-electron chi connectivity index (χ0n) is 10.7. The molecule has 0 radical (unpaired) electrons. The summed E-state index contributed by atoms with van der Waals surface area (Å²) in [4.78, 5) is 14.5. The highest BCUT2D eigenvalue weighted by molar-refractivity contribution is 5.73. The molecule has 5 nitrogen and oxygen atoms in total. The van der Waals surface area contributed by atoms with Gasteiger partial charge in [0, 0.05) is 6.54 Å². The van der Waals surface area contributed by atoms with Gasteiger partial charge in [-0.25, -0.2) is 13.8 Å². The minimum Gasteiger partial charge on any atom is -0.469 e. The van der Waals surface area contributed by atoms with E-state index in [0.29, 0.717) is 6.07 Å². The zero-order chi connectivity index (χ0) is 16.2. The Hall–Kier alpha value is -1.97. The van der Waals surface area contributed by atoms with Gasteiger partial charge in [0.2, 0.25) is 0 Å². The summed E-state index contributed by atoms with van der Waals surface area (Å²) in [6.07, 6.45) is -8.92. The first kappa shape index (κ1) is 17.1. The summed E-state index contributed by atoms with van der Waals surface area (Å²) in [5.74, 6) is -1.96. The number of aromatic nitrogens is 1. The smallest absolute Gasteiger partial charge is 0.469 e. The second kappa shape index (κ2) is 6.66. The highest BCUT2D eigenvalue weighted by atomic mass is 19.4. The van der Waals surface area contributed by atoms with Crippen molar-refractivity contribution in [3.63, 3.8) is 0 Å². The van der Waals surface area contributed by atoms with E-state index < -0.39 is 36.6 Å². The van der Waals surface area contributed by atoms with Crippen molar-refractivity contribution in [3.8, 4) is 5.75 Å². The molecular formula is C11H11F5N2O3. The van der Waals surface area contributed by atoms with E-state index in [4.69, 9.17) is 5.73 Å². The monoisotopic (exact) mass is 314 g/mol. The molecule has 0 aromatic carbocycles. The number of esters is 1. The van der Waals surface area contributed by atoms with Crippen LogP contribution < -0.4 is 10.5 Å². The Morgan fingerprint density at radius 2 is 2.05 bits per heavy atom. The van der Waals surface area contributed by atoms with Crippen LogP contribution in [0.5, 0.6) is 5.75 Å². The number of alkyl halides is 5. The topological polar surface area (TPSA) is 74.4 Å². The summed E-state index contributed by atoms with van der Waals surface area (Å²) in [7, 11) is 1.07. The molecule has 0 atom stereocenters. The number of ether oxygens (including phenoxy) is 2. The Labute approximate surface area is 115 Å². The first-order chi connectivity index (χ1) is 9.67. The van der Waals surface area contributed by atoms with Crippen molar-refractivity contribution in [2.45, 2.75) is 25.8 Å². The summed E-state index contributed by atoms with van der Waals surface area (Å²) in [5, 5.41) is 0. The lowest BCUT2D eigenvalue weighted by Gasteiger charge is -2.15. The van der Waals surface area contributed by atoms with Gasteiger partial charge < -0.3 is 15.2 Å². The molecule has 0 aliphatic rings. The van der Waals surface area contributed by atoms with Crippen LogP contribution in [-0.2, 0) is 22.5 Å². The Morgan fingerprint density at radius 3 is 2.48 bits per heavy atom. The van der Waals surface area contributed by atoms with E-state index in [1.165, 1.54) is 0 Å². The molecule has 0 amide bonds. The van der Waals surface area contributed by atoms with Crippen LogP contribution in [-0.4, -0.2) is 24.4 Å². The Morgan fingerprint density at radius 1 is 1.43 bits per heavy atom. The molecule has 0 saturated heterocycles. The van der Waals surface area contributed by atoms with Crippen molar-refractivity contribution in [3.05, 3.63) is 23.0 Å². The van der Waals surface area contributed by atoms with Gasteiger partial charge in [-0.2, -0.15) is 0 Å². The third-order valence-corrected chi connectivity index (χ3v) is 2.37. The van der Waals surface area contributed by atoms with Gasteiger partial charge in [-0.1, -0.05) is 0 Å². The van der Waals surface area contributed by atoms with Crippen molar-refractivity contribution < 1.29 is 36.2 Å². The van der Waals surface area contributed by atoms with Crippen LogP contribution in [0.15, 0.2) is 6.07 Å². The van der Waals surface area contributed by atoms with Crippen LogP contribution in [0.2, 0.25) is 0 Å². The van der Waals surface area contributed by atoms with Crippen molar-refractivity contribution >= 4 is 5.97 Å². The highest BCUT2D eigenvalue weighted by Gasteiger charge is 2.34. The quantitative estimate of drug-likeness (QED) is 0.665. The Bertz CT molecular complexity index is 519. The SMILES string of the molecule is COC(=O)Cc1cc(OC(F)(F)F)c(C(F)F)nc1CN. The molecule has 10 heteroatoms. The molecule has 0 saturated carbocycles. The summed E-state index contributed by atoms with van der Waals surface area (Å²) < 4.78 is 70.0. The van der Waals surface area contributed by atoms with Crippen LogP contribution >= 0.6 is 0 Å². The second-order valence-corrected chi connectivity index (χ2v) is 3.78. The third kappa shape index (κ3) is 4.81. The van der Waals surface area contributed by atoms with Crippen molar-refractivity contribution in [1.82, 2.24) is 4.98 Å². The van der Waals surface area contributed by atoms with Crippen molar-refractivity contribution in [2.75, 3.05) is 7.11 Å². The number of hydrogen-bond acceptors (Lipinski definition) is 5. The second-order valence-electron chi connectivity index (χ2n) is 3.78. The zero-order valence-corrected chi connectivity index (χ0v) is 10.7. The number of carbonyl (C=O) groups excluding carboxylic acids is 1. The van der Waals surface area contributed by atoms with E-state index in [9.17, 15) is 26.7 Å². The number of halogens is 5. The Kier molecular flexibility index (Phi) is 5.41. The molecule has 0 spiro atoms. The molecule has 1 heterocycles. The fraction of sp³-hybridized carbons (Fsp3) is 0.455. The van der Waals surface area contributed by atoms with Gasteiger partial charge in [0.1, 0.15) is 5.69 Å². The van der Waals surface area contributed by atoms with Crippen LogP contribution in [0.25, 0.3) is 0 Å². The van der Waals surface area contributed by atoms with Crippen LogP contribution in [0.1, 0.15) is 23.4 Å². The van der Waals surface area contributed by atoms with E-state index in [2.05, 4.69) is 14.5 Å². The van der Waals surface area contributed by atoms with Gasteiger partial charge in [0.05, 0.1) is 19.2 Å². The maximum absolute atomic E-state index is 12.7. The number of nitrogens with zero attached hydrogens (tertiary/aromatic N) is 1. The van der Waals surface area contributed by atoms with E-state index in [1.54, 1.807) is 0 Å². The number of pyridine rings is 1. The molecule has 0 aliphatic carbocycles. The van der Waals surface area contributed by atoms with E-state index in [1.807, 2.05) is 0 Å². The molecule has 118 valence electrons. The molecule has 1 aromatic heterocycles. The van der Waals surface area contributed by atoms with Gasteiger partial charge in [0.25, 0.3) is 6.43 Å². The highest BCUT2D eigenvalue weighted by Crippen LogP contribution is 2.33. The molecule has 21 heavy (non-hydrogen) atoms. The average Bonchev–Trinajstić information content (AvgIpc) is 2.36. The number of rotatable bonds is 5. The van der Waals surface area contributed by atoms with E-state index >= 15 is 0 Å². The van der Waals surface area contributed by atoms with Gasteiger partial charge in [-0.3, -0.25) is 4.79 Å². The molecular weight excluding hydrogens is 303 g/mol. The molecule has 0 aliphatic heterocycles. The Balaban J connectivity index is 3.31. The van der Waals surface area contributed by atoms with Crippen LogP contribution in [0.3, 0.4) is 0 Å². The third-order valence-electron chi connectivity index (χ3n) is 2.37. The predicted octanol–water partition coefficient (Wildman–Crippen LogP) is 2.09. The molecule has 0 unspecified atom stereocenters. The number of hydrogen-bond donors (Lipinski definition) is 1. The molecule has 2 N–H and O–H groups in total. The molecule has 1 rings (SSSR count). The normalized spacial score (nSPS) is 11.6. The maximum atomic E-state index is 12.7. The minimum atomic E-state index is -5.17. The minimum absolute atomic E-state index is 0.0759. The predicted molar refractivity (Wildman–Crippen MR) is 59.5 cm³/mol. The molecule has 0 bridgehead atoms.